The second-order valence-electron chi connectivity index (χ2n) is 6.86. The molecule has 0 atom stereocenters. The Morgan fingerprint density at radius 2 is 1.85 bits per heavy atom. The predicted octanol–water partition coefficient (Wildman–Crippen LogP) is 2.59. The van der Waals surface area contributed by atoms with Crippen LogP contribution in [0.15, 0.2) is 35.6 Å². The third-order valence-electron chi connectivity index (χ3n) is 4.50. The van der Waals surface area contributed by atoms with Crippen molar-refractivity contribution in [2.45, 2.75) is 25.5 Å². The molecule has 0 saturated heterocycles. The Morgan fingerprint density at radius 3 is 2.55 bits per heavy atom. The van der Waals surface area contributed by atoms with Gasteiger partial charge in [0.2, 0.25) is 0 Å². The van der Waals surface area contributed by atoms with Crippen LogP contribution in [0, 0.1) is 0 Å². The van der Waals surface area contributed by atoms with Gasteiger partial charge in [-0.3, -0.25) is 4.79 Å². The normalized spacial score (nSPS) is 10.9. The molecule has 2 N–H and O–H groups in total. The predicted molar refractivity (Wildman–Crippen MR) is 128 cm³/mol. The molecule has 33 heavy (non-hydrogen) atoms. The smallest absolute Gasteiger partial charge is 0.258 e. The number of anilines is 1. The van der Waals surface area contributed by atoms with E-state index in [9.17, 15) is 4.79 Å². The number of benzene rings is 1. The molecule has 0 unspecified atom stereocenters. The van der Waals surface area contributed by atoms with E-state index in [4.69, 9.17) is 14.2 Å². The highest BCUT2D eigenvalue weighted by Crippen LogP contribution is 2.24. The van der Waals surface area contributed by atoms with Gasteiger partial charge in [0.25, 0.3) is 5.91 Å². The fraction of sp³-hybridized carbons (Fsp3) is 0.455. The Hall–Kier alpha value is -3.05. The van der Waals surface area contributed by atoms with Gasteiger partial charge >= 0.3 is 0 Å². The van der Waals surface area contributed by atoms with E-state index in [0.29, 0.717) is 43.8 Å². The number of carbonyl (C=O) groups excluding carboxylic acids is 1. The molecule has 1 aromatic carbocycles. The Labute approximate surface area is 197 Å². The van der Waals surface area contributed by atoms with Crippen molar-refractivity contribution < 1.29 is 19.0 Å². The number of nitrogens with one attached hydrogen (secondary N) is 2. The van der Waals surface area contributed by atoms with E-state index < -0.39 is 0 Å². The topological polar surface area (TPSA) is 112 Å². The summed E-state index contributed by atoms with van der Waals surface area (Å²) in [5, 5.41) is 12.1. The van der Waals surface area contributed by atoms with Crippen LogP contribution in [0.3, 0.4) is 0 Å². The Morgan fingerprint density at radius 1 is 1.09 bits per heavy atom. The minimum Gasteiger partial charge on any atom is -0.494 e. The number of nitrogens with zero attached hydrogens (tertiary/aromatic N) is 4. The molecule has 0 aliphatic rings. The number of aromatic nitrogens is 4. The fourth-order valence-electron chi connectivity index (χ4n) is 3.00. The van der Waals surface area contributed by atoms with Gasteiger partial charge in [-0.25, -0.2) is 14.6 Å². The minimum absolute atomic E-state index is 0.0686. The largest absolute Gasteiger partial charge is 0.494 e. The molecule has 0 aliphatic carbocycles. The summed E-state index contributed by atoms with van der Waals surface area (Å²) < 4.78 is 17.8. The Balaban J connectivity index is 1.55. The molecular weight excluding hydrogens is 444 g/mol. The van der Waals surface area contributed by atoms with Gasteiger partial charge < -0.3 is 24.8 Å². The van der Waals surface area contributed by atoms with Crippen LogP contribution in [0.5, 0.6) is 11.5 Å². The summed E-state index contributed by atoms with van der Waals surface area (Å²) in [5.41, 5.74) is 0.723. The van der Waals surface area contributed by atoms with Crippen molar-refractivity contribution in [2.75, 3.05) is 51.1 Å². The maximum absolute atomic E-state index is 12.2. The third kappa shape index (κ3) is 7.22. The highest BCUT2D eigenvalue weighted by Gasteiger charge is 2.13. The molecular formula is C22H30N6O4S. The van der Waals surface area contributed by atoms with Gasteiger partial charge in [0.15, 0.2) is 17.4 Å². The molecule has 2 heterocycles. The first-order valence-corrected chi connectivity index (χ1v) is 11.8. The van der Waals surface area contributed by atoms with E-state index >= 15 is 0 Å². The number of carbonyl (C=O) groups is 1. The summed E-state index contributed by atoms with van der Waals surface area (Å²) in [5.74, 6) is 2.76. The van der Waals surface area contributed by atoms with Crippen molar-refractivity contribution in [1.29, 1.82) is 0 Å². The zero-order valence-electron chi connectivity index (χ0n) is 19.2. The number of hydrogen-bond donors (Lipinski definition) is 2. The van der Waals surface area contributed by atoms with Crippen LogP contribution in [0.1, 0.15) is 13.8 Å². The fourth-order valence-corrected chi connectivity index (χ4v) is 3.56. The van der Waals surface area contributed by atoms with Crippen molar-refractivity contribution in [2.24, 2.45) is 0 Å². The van der Waals surface area contributed by atoms with Crippen LogP contribution >= 0.6 is 11.8 Å². The number of methoxy groups -OCH3 is 1. The van der Waals surface area contributed by atoms with Gasteiger partial charge in [-0.15, -0.1) is 0 Å². The molecule has 3 aromatic rings. The van der Waals surface area contributed by atoms with E-state index in [2.05, 4.69) is 32.6 Å². The number of ether oxygens (including phenoxy) is 3. The number of amides is 1. The average molecular weight is 475 g/mol. The van der Waals surface area contributed by atoms with Gasteiger partial charge in [-0.1, -0.05) is 18.7 Å². The summed E-state index contributed by atoms with van der Waals surface area (Å²) >= 11 is 1.56. The minimum atomic E-state index is -0.209. The second kappa shape index (κ2) is 12.9. The van der Waals surface area contributed by atoms with E-state index in [1.807, 2.05) is 19.1 Å². The number of rotatable bonds is 14. The molecule has 0 saturated carbocycles. The lowest BCUT2D eigenvalue weighted by atomic mass is 10.3. The van der Waals surface area contributed by atoms with Crippen molar-refractivity contribution in [3.05, 3.63) is 30.5 Å². The van der Waals surface area contributed by atoms with Crippen molar-refractivity contribution >= 4 is 34.5 Å². The molecule has 0 aliphatic heterocycles. The van der Waals surface area contributed by atoms with Gasteiger partial charge in [0.1, 0.15) is 17.3 Å². The van der Waals surface area contributed by atoms with Crippen LogP contribution in [0.4, 0.5) is 5.82 Å². The highest BCUT2D eigenvalue weighted by molar-refractivity contribution is 7.99. The van der Waals surface area contributed by atoms with Crippen molar-refractivity contribution in [3.63, 3.8) is 0 Å². The van der Waals surface area contributed by atoms with Crippen LogP contribution < -0.4 is 20.1 Å². The standard InChI is InChI=1S/C22H30N6O4S/c1-4-31-16-6-8-17(9-7-16)32-15-19(29)23-10-12-28-21-18(14-25-28)20(24-11-13-30-3)26-22(27-21)33-5-2/h6-9,14H,4-5,10-13,15H2,1-3H3,(H,23,29)(H,24,26,27). The van der Waals surface area contributed by atoms with E-state index in [0.717, 1.165) is 28.4 Å². The maximum Gasteiger partial charge on any atom is 0.258 e. The summed E-state index contributed by atoms with van der Waals surface area (Å²) in [6, 6.07) is 7.17. The first kappa shape index (κ1) is 24.6. The lowest BCUT2D eigenvalue weighted by Gasteiger charge is -2.10. The number of fused-ring (bicyclic) bond motifs is 1. The van der Waals surface area contributed by atoms with E-state index in [-0.39, 0.29) is 12.5 Å². The van der Waals surface area contributed by atoms with Crippen molar-refractivity contribution in [1.82, 2.24) is 25.1 Å². The summed E-state index contributed by atoms with van der Waals surface area (Å²) in [6.07, 6.45) is 1.74. The van der Waals surface area contributed by atoms with Gasteiger partial charge in [0.05, 0.1) is 31.3 Å². The van der Waals surface area contributed by atoms with Gasteiger partial charge in [0, 0.05) is 20.2 Å². The molecule has 0 radical (unpaired) electrons. The number of thioether (sulfide) groups is 1. The maximum atomic E-state index is 12.2. The third-order valence-corrected chi connectivity index (χ3v) is 5.23. The molecule has 11 heteroatoms. The lowest BCUT2D eigenvalue weighted by molar-refractivity contribution is -0.123. The van der Waals surface area contributed by atoms with Crippen LogP contribution in [-0.2, 0) is 16.1 Å². The second-order valence-corrected chi connectivity index (χ2v) is 8.09. The van der Waals surface area contributed by atoms with Crippen LogP contribution in [0.2, 0.25) is 0 Å². The molecule has 3 rings (SSSR count). The highest BCUT2D eigenvalue weighted by atomic mass is 32.2. The average Bonchev–Trinajstić information content (AvgIpc) is 3.22. The zero-order chi connectivity index (χ0) is 23.5. The molecule has 0 bridgehead atoms. The molecule has 0 fully saturated rings. The molecule has 178 valence electrons. The molecule has 1 amide bonds. The Kier molecular flexibility index (Phi) is 9.58. The SMILES string of the molecule is CCOc1ccc(OCC(=O)NCCn2ncc3c(NCCOC)nc(SCC)nc32)cc1. The van der Waals surface area contributed by atoms with E-state index in [1.165, 1.54) is 0 Å². The molecule has 2 aromatic heterocycles. The van der Waals surface area contributed by atoms with Crippen molar-refractivity contribution in [3.8, 4) is 11.5 Å². The summed E-state index contributed by atoms with van der Waals surface area (Å²) in [6.45, 7) is 6.59. The van der Waals surface area contributed by atoms with Gasteiger partial charge in [-0.2, -0.15) is 5.10 Å². The molecule has 10 nitrogen and oxygen atoms in total. The van der Waals surface area contributed by atoms with Crippen LogP contribution in [-0.4, -0.2) is 71.4 Å². The zero-order valence-corrected chi connectivity index (χ0v) is 20.0. The lowest BCUT2D eigenvalue weighted by Crippen LogP contribution is -2.31. The summed E-state index contributed by atoms with van der Waals surface area (Å²) in [7, 11) is 1.66. The molecule has 0 spiro atoms. The van der Waals surface area contributed by atoms with Crippen LogP contribution in [0.25, 0.3) is 11.0 Å². The van der Waals surface area contributed by atoms with Gasteiger partial charge in [-0.05, 0) is 36.9 Å². The quantitative estimate of drug-likeness (QED) is 0.207. The first-order chi connectivity index (χ1) is 16.1. The Bertz CT molecular complexity index is 1030. The first-order valence-electron chi connectivity index (χ1n) is 10.9. The number of hydrogen-bond acceptors (Lipinski definition) is 9. The van der Waals surface area contributed by atoms with E-state index in [1.54, 1.807) is 41.9 Å². The monoisotopic (exact) mass is 474 g/mol. The summed E-state index contributed by atoms with van der Waals surface area (Å²) in [4.78, 5) is 21.4.